The molecule has 1 rings (SSSR count). The molecule has 1 amide bonds. The van der Waals surface area contributed by atoms with Crippen molar-refractivity contribution in [2.24, 2.45) is 5.92 Å². The van der Waals surface area contributed by atoms with Gasteiger partial charge in [-0.25, -0.2) is 13.6 Å². The molecule has 110 valence electrons. The van der Waals surface area contributed by atoms with Gasteiger partial charge in [0.1, 0.15) is 5.60 Å². The Bertz CT molecular complexity index is 365. The van der Waals surface area contributed by atoms with E-state index in [0.717, 1.165) is 4.90 Å². The number of carbonyl (C=O) groups excluding carboxylic acids is 1. The first-order valence-electron chi connectivity index (χ1n) is 6.09. The maximum atomic E-state index is 13.8. The number of piperidine rings is 1. The molecule has 0 aromatic rings. The van der Waals surface area contributed by atoms with Crippen LogP contribution in [-0.4, -0.2) is 46.7 Å². The Hall–Kier alpha value is -1.40. The standard InChI is InChI=1S/C12H19F2NO4/c1-11(2,3)19-10(18)15-5-4-8(6-9(16)17)12(13,14)7-15/h8H,4-7H2,1-3H3,(H,16,17)/t8-/m0/s1. The minimum absolute atomic E-state index is 0.0431. The molecule has 1 heterocycles. The van der Waals surface area contributed by atoms with Gasteiger partial charge in [0.05, 0.1) is 13.0 Å². The molecule has 1 aliphatic heterocycles. The molecule has 0 bridgehead atoms. The predicted molar refractivity (Wildman–Crippen MR) is 63.1 cm³/mol. The van der Waals surface area contributed by atoms with E-state index in [9.17, 15) is 18.4 Å². The summed E-state index contributed by atoms with van der Waals surface area (Å²) in [6.07, 6.45) is -1.42. The van der Waals surface area contributed by atoms with Crippen LogP contribution in [0.1, 0.15) is 33.6 Å². The van der Waals surface area contributed by atoms with Gasteiger partial charge in [-0.1, -0.05) is 0 Å². The summed E-state index contributed by atoms with van der Waals surface area (Å²) in [7, 11) is 0. The number of carboxylic acids is 1. The zero-order valence-electron chi connectivity index (χ0n) is 11.3. The van der Waals surface area contributed by atoms with Crippen LogP contribution in [0, 0.1) is 5.92 Å². The number of hydrogen-bond acceptors (Lipinski definition) is 3. The molecule has 19 heavy (non-hydrogen) atoms. The lowest BCUT2D eigenvalue weighted by Crippen LogP contribution is -2.52. The molecule has 0 unspecified atom stereocenters. The molecule has 1 saturated heterocycles. The normalized spacial score (nSPS) is 23.0. The van der Waals surface area contributed by atoms with Crippen LogP contribution in [0.2, 0.25) is 0 Å². The van der Waals surface area contributed by atoms with Gasteiger partial charge in [-0.15, -0.1) is 0 Å². The predicted octanol–water partition coefficient (Wildman–Crippen LogP) is 2.35. The Balaban J connectivity index is 2.65. The van der Waals surface area contributed by atoms with Gasteiger partial charge < -0.3 is 14.7 Å². The minimum Gasteiger partial charge on any atom is -0.481 e. The number of carbonyl (C=O) groups is 2. The molecular formula is C12H19F2NO4. The fourth-order valence-corrected chi connectivity index (χ4v) is 1.93. The van der Waals surface area contributed by atoms with Gasteiger partial charge in [-0.2, -0.15) is 0 Å². The van der Waals surface area contributed by atoms with Crippen LogP contribution in [0.4, 0.5) is 13.6 Å². The SMILES string of the molecule is CC(C)(C)OC(=O)N1CC[C@@H](CC(=O)O)C(F)(F)C1. The number of alkyl halides is 2. The van der Waals surface area contributed by atoms with Gasteiger partial charge in [0.2, 0.25) is 0 Å². The van der Waals surface area contributed by atoms with Crippen molar-refractivity contribution in [1.29, 1.82) is 0 Å². The third kappa shape index (κ3) is 4.65. The molecular weight excluding hydrogens is 260 g/mol. The van der Waals surface area contributed by atoms with Crippen LogP contribution >= 0.6 is 0 Å². The van der Waals surface area contributed by atoms with Crippen LogP contribution in [0.25, 0.3) is 0 Å². The maximum Gasteiger partial charge on any atom is 0.410 e. The molecule has 1 atom stereocenters. The zero-order valence-corrected chi connectivity index (χ0v) is 11.3. The summed E-state index contributed by atoms with van der Waals surface area (Å²) in [6.45, 7) is 4.25. The Labute approximate surface area is 110 Å². The second-order valence-corrected chi connectivity index (χ2v) is 5.75. The quantitative estimate of drug-likeness (QED) is 0.842. The summed E-state index contributed by atoms with van der Waals surface area (Å²) in [6, 6.07) is 0. The summed E-state index contributed by atoms with van der Waals surface area (Å²) < 4.78 is 32.5. The molecule has 1 N–H and O–H groups in total. The number of ether oxygens (including phenoxy) is 1. The van der Waals surface area contributed by atoms with Crippen LogP contribution < -0.4 is 0 Å². The van der Waals surface area contributed by atoms with E-state index in [0.29, 0.717) is 0 Å². The summed E-state index contributed by atoms with van der Waals surface area (Å²) in [5.41, 5.74) is -0.746. The van der Waals surface area contributed by atoms with Gasteiger partial charge in [0.25, 0.3) is 5.92 Å². The Morgan fingerprint density at radius 3 is 2.42 bits per heavy atom. The first-order valence-corrected chi connectivity index (χ1v) is 6.09. The molecule has 0 aliphatic carbocycles. The largest absolute Gasteiger partial charge is 0.481 e. The lowest BCUT2D eigenvalue weighted by atomic mass is 9.90. The lowest BCUT2D eigenvalue weighted by Gasteiger charge is -2.38. The fraction of sp³-hybridized carbons (Fsp3) is 0.833. The number of rotatable bonds is 2. The molecule has 1 aliphatic rings. The minimum atomic E-state index is -3.20. The van der Waals surface area contributed by atoms with Crippen molar-refractivity contribution >= 4 is 12.1 Å². The average Bonchev–Trinajstić information content (AvgIpc) is 2.17. The summed E-state index contributed by atoms with van der Waals surface area (Å²) in [5, 5.41) is 8.59. The van der Waals surface area contributed by atoms with E-state index in [2.05, 4.69) is 0 Å². The van der Waals surface area contributed by atoms with Crippen molar-refractivity contribution in [2.45, 2.75) is 45.1 Å². The van der Waals surface area contributed by atoms with Crippen molar-refractivity contribution in [1.82, 2.24) is 4.90 Å². The van der Waals surface area contributed by atoms with E-state index in [1.54, 1.807) is 20.8 Å². The number of likely N-dealkylation sites (tertiary alicyclic amines) is 1. The van der Waals surface area contributed by atoms with Gasteiger partial charge in [0, 0.05) is 12.5 Å². The topological polar surface area (TPSA) is 66.8 Å². The van der Waals surface area contributed by atoms with E-state index in [4.69, 9.17) is 9.84 Å². The number of halogens is 2. The fourth-order valence-electron chi connectivity index (χ4n) is 1.93. The maximum absolute atomic E-state index is 13.8. The Morgan fingerprint density at radius 1 is 1.42 bits per heavy atom. The molecule has 0 aromatic heterocycles. The average molecular weight is 279 g/mol. The van der Waals surface area contributed by atoms with Crippen molar-refractivity contribution in [3.63, 3.8) is 0 Å². The van der Waals surface area contributed by atoms with Gasteiger partial charge in [-0.3, -0.25) is 4.79 Å². The number of carboxylic acid groups (broad SMARTS) is 1. The molecule has 0 saturated carbocycles. The molecule has 0 aromatic carbocycles. The van der Waals surface area contributed by atoms with Crippen LogP contribution in [0.3, 0.4) is 0 Å². The number of aliphatic carboxylic acids is 1. The van der Waals surface area contributed by atoms with Gasteiger partial charge in [-0.05, 0) is 27.2 Å². The second kappa shape index (κ2) is 5.30. The first-order chi connectivity index (χ1) is 8.51. The van der Waals surface area contributed by atoms with E-state index >= 15 is 0 Å². The van der Waals surface area contributed by atoms with E-state index in [1.807, 2.05) is 0 Å². The molecule has 0 spiro atoms. The summed E-state index contributed by atoms with van der Waals surface area (Å²) in [4.78, 5) is 23.1. The molecule has 7 heteroatoms. The lowest BCUT2D eigenvalue weighted by molar-refractivity contribution is -0.148. The van der Waals surface area contributed by atoms with Crippen molar-refractivity contribution in [3.8, 4) is 0 Å². The summed E-state index contributed by atoms with van der Waals surface area (Å²) in [5.74, 6) is -5.69. The van der Waals surface area contributed by atoms with Crippen LogP contribution in [-0.2, 0) is 9.53 Å². The van der Waals surface area contributed by atoms with E-state index in [-0.39, 0.29) is 13.0 Å². The van der Waals surface area contributed by atoms with Crippen LogP contribution in [0.15, 0.2) is 0 Å². The van der Waals surface area contributed by atoms with E-state index in [1.165, 1.54) is 0 Å². The number of amides is 1. The third-order valence-corrected chi connectivity index (χ3v) is 2.82. The Morgan fingerprint density at radius 2 is 2.00 bits per heavy atom. The highest BCUT2D eigenvalue weighted by molar-refractivity contribution is 5.69. The molecule has 5 nitrogen and oxygen atoms in total. The smallest absolute Gasteiger partial charge is 0.410 e. The Kier molecular flexibility index (Phi) is 4.37. The number of nitrogens with zero attached hydrogens (tertiary/aromatic N) is 1. The second-order valence-electron chi connectivity index (χ2n) is 5.75. The summed E-state index contributed by atoms with van der Waals surface area (Å²) >= 11 is 0. The monoisotopic (exact) mass is 279 g/mol. The van der Waals surface area contributed by atoms with Crippen molar-refractivity contribution < 1.29 is 28.2 Å². The molecule has 0 radical (unpaired) electrons. The zero-order chi connectivity index (χ0) is 14.8. The van der Waals surface area contributed by atoms with Crippen molar-refractivity contribution in [2.75, 3.05) is 13.1 Å². The van der Waals surface area contributed by atoms with Gasteiger partial charge in [0.15, 0.2) is 0 Å². The van der Waals surface area contributed by atoms with Crippen molar-refractivity contribution in [3.05, 3.63) is 0 Å². The van der Waals surface area contributed by atoms with Gasteiger partial charge >= 0.3 is 12.1 Å². The highest BCUT2D eigenvalue weighted by atomic mass is 19.3. The molecule has 1 fully saturated rings. The third-order valence-electron chi connectivity index (χ3n) is 2.82. The van der Waals surface area contributed by atoms with Crippen LogP contribution in [0.5, 0.6) is 0 Å². The number of hydrogen-bond donors (Lipinski definition) is 1. The van der Waals surface area contributed by atoms with E-state index < -0.39 is 42.5 Å². The first kappa shape index (κ1) is 15.7. The highest BCUT2D eigenvalue weighted by Crippen LogP contribution is 2.35. The highest BCUT2D eigenvalue weighted by Gasteiger charge is 2.47.